The molecule has 0 aliphatic rings. The number of esters is 1. The Labute approximate surface area is 247 Å². The van der Waals surface area contributed by atoms with Crippen LogP contribution in [0.2, 0.25) is 10.0 Å². The molecule has 0 atom stereocenters. The van der Waals surface area contributed by atoms with Gasteiger partial charge in [0.1, 0.15) is 18.1 Å². The molecule has 0 saturated carbocycles. The summed E-state index contributed by atoms with van der Waals surface area (Å²) >= 11 is 12.1. The molecule has 0 unspecified atom stereocenters. The van der Waals surface area contributed by atoms with Crippen molar-refractivity contribution >= 4 is 52.1 Å². The molecule has 0 aliphatic carbocycles. The fourth-order valence-corrected chi connectivity index (χ4v) is 4.57. The minimum absolute atomic E-state index is 0.173. The first-order valence-corrected chi connectivity index (χ1v) is 13.4. The predicted molar refractivity (Wildman–Crippen MR) is 162 cm³/mol. The van der Waals surface area contributed by atoms with Crippen molar-refractivity contribution in [1.29, 1.82) is 0 Å². The first-order valence-electron chi connectivity index (χ1n) is 12.7. The van der Waals surface area contributed by atoms with Crippen molar-refractivity contribution < 1.29 is 19.1 Å². The summed E-state index contributed by atoms with van der Waals surface area (Å²) in [6.07, 6.45) is 1.45. The summed E-state index contributed by atoms with van der Waals surface area (Å²) in [6, 6.07) is 30.5. The summed E-state index contributed by atoms with van der Waals surface area (Å²) in [5.41, 5.74) is 5.88. The Morgan fingerprint density at radius 2 is 1.63 bits per heavy atom. The fourth-order valence-electron chi connectivity index (χ4n) is 4.08. The van der Waals surface area contributed by atoms with Crippen LogP contribution in [0.5, 0.6) is 11.5 Å². The van der Waals surface area contributed by atoms with E-state index in [4.69, 9.17) is 32.7 Å². The van der Waals surface area contributed by atoms with E-state index >= 15 is 0 Å². The molecule has 0 radical (unpaired) electrons. The third kappa shape index (κ3) is 6.92. The Bertz CT molecular complexity index is 1750. The average Bonchev–Trinajstić information content (AvgIpc) is 2.98. The summed E-state index contributed by atoms with van der Waals surface area (Å²) in [6.45, 7) is 2.46. The average molecular weight is 583 g/mol. The smallest absolute Gasteiger partial charge is 0.345 e. The zero-order chi connectivity index (χ0) is 28.8. The summed E-state index contributed by atoms with van der Waals surface area (Å²) in [5.74, 6) is -0.148. The van der Waals surface area contributed by atoms with Crippen molar-refractivity contribution in [3.05, 3.63) is 141 Å². The number of nitrogens with zero attached hydrogens (tertiary/aromatic N) is 1. The van der Waals surface area contributed by atoms with Crippen LogP contribution < -0.4 is 14.9 Å². The molecule has 5 rings (SSSR count). The van der Waals surface area contributed by atoms with Crippen LogP contribution in [-0.2, 0) is 6.61 Å². The zero-order valence-corrected chi connectivity index (χ0v) is 23.4. The fraction of sp³-hybridized carbons (Fsp3) is 0.0606. The van der Waals surface area contributed by atoms with Gasteiger partial charge in [0.25, 0.3) is 5.91 Å². The maximum atomic E-state index is 12.9. The summed E-state index contributed by atoms with van der Waals surface area (Å²) < 4.78 is 11.5. The van der Waals surface area contributed by atoms with E-state index < -0.39 is 11.9 Å². The van der Waals surface area contributed by atoms with Gasteiger partial charge in [-0.25, -0.2) is 10.2 Å². The Morgan fingerprint density at radius 3 is 2.39 bits per heavy atom. The minimum Gasteiger partial charge on any atom is -0.489 e. The van der Waals surface area contributed by atoms with Gasteiger partial charge in [0.2, 0.25) is 0 Å². The SMILES string of the molecule is Cc1ccc(COc2ccc(C(=O)N/N=C/c3c(OC(=O)c4ccc(Cl)cc4Cl)ccc4ccccc34)cc2)cc1. The van der Waals surface area contributed by atoms with Gasteiger partial charge in [-0.1, -0.05) is 83.4 Å². The number of fused-ring (bicyclic) bond motifs is 1. The van der Waals surface area contributed by atoms with E-state index in [2.05, 4.69) is 10.5 Å². The molecule has 0 bridgehead atoms. The number of halogens is 2. The van der Waals surface area contributed by atoms with E-state index in [-0.39, 0.29) is 16.3 Å². The monoisotopic (exact) mass is 582 g/mol. The van der Waals surface area contributed by atoms with E-state index in [1.165, 1.54) is 23.9 Å². The first-order chi connectivity index (χ1) is 19.9. The molecule has 0 aliphatic heterocycles. The van der Waals surface area contributed by atoms with Gasteiger partial charge in [-0.05, 0) is 71.8 Å². The molecule has 0 aromatic heterocycles. The number of hydrogen-bond acceptors (Lipinski definition) is 5. The number of hydrogen-bond donors (Lipinski definition) is 1. The zero-order valence-electron chi connectivity index (χ0n) is 21.9. The summed E-state index contributed by atoms with van der Waals surface area (Å²) in [7, 11) is 0. The Balaban J connectivity index is 1.29. The van der Waals surface area contributed by atoms with E-state index in [9.17, 15) is 9.59 Å². The van der Waals surface area contributed by atoms with Crippen LogP contribution in [0.4, 0.5) is 0 Å². The number of ether oxygens (including phenoxy) is 2. The highest BCUT2D eigenvalue weighted by molar-refractivity contribution is 6.36. The molecular weight excluding hydrogens is 559 g/mol. The highest BCUT2D eigenvalue weighted by atomic mass is 35.5. The van der Waals surface area contributed by atoms with Crippen molar-refractivity contribution in [3.63, 3.8) is 0 Å². The molecule has 41 heavy (non-hydrogen) atoms. The maximum absolute atomic E-state index is 12.9. The van der Waals surface area contributed by atoms with E-state index in [0.717, 1.165) is 16.3 Å². The van der Waals surface area contributed by atoms with Crippen LogP contribution in [0.25, 0.3) is 10.8 Å². The number of aryl methyl sites for hydroxylation is 1. The number of amides is 1. The maximum Gasteiger partial charge on any atom is 0.345 e. The standard InChI is InChI=1S/C33H24Cl2N2O4/c1-21-6-8-22(9-7-21)20-40-26-14-10-24(11-15-26)32(38)37-36-19-29-27-5-3-2-4-23(27)12-17-31(29)41-33(39)28-16-13-25(34)18-30(28)35/h2-19H,20H2,1H3,(H,37,38)/b36-19+. The molecule has 0 spiro atoms. The Hall–Kier alpha value is -4.65. The summed E-state index contributed by atoms with van der Waals surface area (Å²) in [4.78, 5) is 25.7. The minimum atomic E-state index is -0.648. The largest absolute Gasteiger partial charge is 0.489 e. The highest BCUT2D eigenvalue weighted by Crippen LogP contribution is 2.29. The van der Waals surface area contributed by atoms with Crippen molar-refractivity contribution in [1.82, 2.24) is 5.43 Å². The lowest BCUT2D eigenvalue weighted by molar-refractivity contribution is 0.0734. The van der Waals surface area contributed by atoms with E-state index in [1.54, 1.807) is 36.4 Å². The molecule has 0 saturated heterocycles. The van der Waals surface area contributed by atoms with Gasteiger partial charge in [-0.2, -0.15) is 5.10 Å². The molecule has 0 heterocycles. The van der Waals surface area contributed by atoms with Crippen molar-refractivity contribution in [2.24, 2.45) is 5.10 Å². The second kappa shape index (κ2) is 12.7. The van der Waals surface area contributed by atoms with Gasteiger partial charge < -0.3 is 9.47 Å². The first kappa shape index (κ1) is 27.9. The Morgan fingerprint density at radius 1 is 0.878 bits per heavy atom. The molecule has 204 valence electrons. The van der Waals surface area contributed by atoms with Crippen molar-refractivity contribution in [2.75, 3.05) is 0 Å². The van der Waals surface area contributed by atoms with Gasteiger partial charge in [-0.15, -0.1) is 0 Å². The van der Waals surface area contributed by atoms with Gasteiger partial charge in [-0.3, -0.25) is 4.79 Å². The highest BCUT2D eigenvalue weighted by Gasteiger charge is 2.16. The number of carbonyl (C=O) groups excluding carboxylic acids is 2. The second-order valence-corrected chi connectivity index (χ2v) is 10.1. The van der Waals surface area contributed by atoms with Gasteiger partial charge >= 0.3 is 5.97 Å². The number of hydrazone groups is 1. The van der Waals surface area contributed by atoms with Crippen LogP contribution in [0.15, 0.2) is 108 Å². The number of benzene rings is 5. The van der Waals surface area contributed by atoms with E-state index in [1.807, 2.05) is 61.5 Å². The van der Waals surface area contributed by atoms with Crippen LogP contribution in [0.1, 0.15) is 37.4 Å². The predicted octanol–water partition coefficient (Wildman–Crippen LogP) is 8.02. The van der Waals surface area contributed by atoms with Crippen LogP contribution in [0.3, 0.4) is 0 Å². The third-order valence-corrected chi connectivity index (χ3v) is 6.83. The van der Waals surface area contributed by atoms with Crippen molar-refractivity contribution in [2.45, 2.75) is 13.5 Å². The number of rotatable bonds is 8. The molecule has 6 nitrogen and oxygen atoms in total. The lowest BCUT2D eigenvalue weighted by Crippen LogP contribution is -2.17. The Kier molecular flexibility index (Phi) is 8.63. The topological polar surface area (TPSA) is 77.0 Å². The molecule has 5 aromatic rings. The number of carbonyl (C=O) groups is 2. The quantitative estimate of drug-likeness (QED) is 0.0869. The second-order valence-electron chi connectivity index (χ2n) is 9.21. The molecule has 5 aromatic carbocycles. The number of nitrogens with one attached hydrogen (secondary N) is 1. The molecular formula is C33H24Cl2N2O4. The molecule has 1 N–H and O–H groups in total. The molecule has 1 amide bonds. The van der Waals surface area contributed by atoms with Gasteiger partial charge in [0.15, 0.2) is 0 Å². The van der Waals surface area contributed by atoms with Gasteiger partial charge in [0, 0.05) is 16.1 Å². The third-order valence-electron chi connectivity index (χ3n) is 6.29. The summed E-state index contributed by atoms with van der Waals surface area (Å²) in [5, 5.41) is 6.43. The normalized spacial score (nSPS) is 11.0. The van der Waals surface area contributed by atoms with Crippen LogP contribution >= 0.6 is 23.2 Å². The lowest BCUT2D eigenvalue weighted by Gasteiger charge is -2.11. The van der Waals surface area contributed by atoms with Crippen LogP contribution in [-0.4, -0.2) is 18.1 Å². The molecule has 0 fully saturated rings. The van der Waals surface area contributed by atoms with Crippen LogP contribution in [0, 0.1) is 6.92 Å². The molecule has 8 heteroatoms. The van der Waals surface area contributed by atoms with Crippen molar-refractivity contribution in [3.8, 4) is 11.5 Å². The lowest BCUT2D eigenvalue weighted by atomic mass is 10.0. The van der Waals surface area contributed by atoms with Gasteiger partial charge in [0.05, 0.1) is 16.8 Å². The van der Waals surface area contributed by atoms with E-state index in [0.29, 0.717) is 28.5 Å².